The normalized spacial score (nSPS) is 13.0. The van der Waals surface area contributed by atoms with Crippen LogP contribution in [0.15, 0.2) is 226 Å². The van der Waals surface area contributed by atoms with Gasteiger partial charge in [0.2, 0.25) is 0 Å². The van der Waals surface area contributed by atoms with Crippen LogP contribution in [0.25, 0.3) is 149 Å². The number of hydrogen-bond donors (Lipinski definition) is 0. The molecule has 0 aliphatic heterocycles. The van der Waals surface area contributed by atoms with Gasteiger partial charge in [0.1, 0.15) is 22.3 Å². The fourth-order valence-corrected chi connectivity index (χ4v) is 12.1. The lowest BCUT2D eigenvalue weighted by atomic mass is 9.91. The van der Waals surface area contributed by atoms with Crippen LogP contribution in [-0.4, -0.2) is 9.13 Å². The summed E-state index contributed by atoms with van der Waals surface area (Å²) in [5, 5.41) is 11.5. The van der Waals surface area contributed by atoms with Crippen molar-refractivity contribution in [2.75, 3.05) is 0 Å². The number of rotatable bonds is 5. The molecule has 0 N–H and O–H groups in total. The van der Waals surface area contributed by atoms with Crippen molar-refractivity contribution in [2.45, 2.75) is 12.8 Å². The van der Waals surface area contributed by atoms with Crippen molar-refractivity contribution in [1.29, 1.82) is 0 Å². The number of benzene rings is 10. The van der Waals surface area contributed by atoms with E-state index < -0.39 is 0 Å². The molecule has 5 heterocycles. The smallest absolute Gasteiger partial charge is 0.159 e. The van der Waals surface area contributed by atoms with E-state index >= 15 is 0 Å². The van der Waals surface area contributed by atoms with Gasteiger partial charge in [-0.3, -0.25) is 0 Å². The first-order chi connectivity index (χ1) is 35.2. The van der Waals surface area contributed by atoms with Gasteiger partial charge in [-0.1, -0.05) is 152 Å². The highest BCUT2D eigenvalue weighted by molar-refractivity contribution is 6.18. The van der Waals surface area contributed by atoms with Gasteiger partial charge in [-0.15, -0.1) is 0 Å². The molecule has 0 bridgehead atoms. The van der Waals surface area contributed by atoms with Gasteiger partial charge < -0.3 is 22.4 Å². The van der Waals surface area contributed by atoms with Crippen LogP contribution in [0.4, 0.5) is 0 Å². The summed E-state index contributed by atoms with van der Waals surface area (Å²) in [5.74, 6) is 0. The second kappa shape index (κ2) is 14.6. The van der Waals surface area contributed by atoms with Crippen LogP contribution >= 0.6 is 0 Å². The predicted molar refractivity (Wildman–Crippen MR) is 293 cm³/mol. The van der Waals surface area contributed by atoms with Gasteiger partial charge in [0.05, 0.1) is 33.5 Å². The lowest BCUT2D eigenvalue weighted by Crippen LogP contribution is -2.28. The molecular formula is C66H40N2O3. The molecule has 0 radical (unpaired) electrons. The van der Waals surface area contributed by atoms with Crippen molar-refractivity contribution >= 4 is 110 Å². The first-order valence-electron chi connectivity index (χ1n) is 24.5. The van der Waals surface area contributed by atoms with Crippen molar-refractivity contribution < 1.29 is 13.3 Å². The maximum Gasteiger partial charge on any atom is 0.159 e. The summed E-state index contributed by atoms with van der Waals surface area (Å²) in [4.78, 5) is 0. The molecule has 0 atom stereocenters. The summed E-state index contributed by atoms with van der Waals surface area (Å²) in [5.41, 5.74) is 18.9. The Morgan fingerprint density at radius 3 is 1.58 bits per heavy atom. The molecule has 0 spiro atoms. The standard InChI is InChI=1S/C66H40N2O3/c1-6-26-55-45(15-1)50-22-11-20-43(63(50)67(55)57-28-13-24-52-47-17-3-9-31-60(47)70-65(52)57)41-35-40(39-33-34-62-54(38-39)49-19-5-8-30-59(49)69-62)36-42(37-41)44-21-12-23-51-46-16-2-7-27-56(46)68(64(44)51)58-29-14-25-53-48-18-4-10-32-61(48)71-66(53)58/h1-13,15-28,30-38H,14,29H2. The molecule has 1 aliphatic rings. The lowest BCUT2D eigenvalue weighted by molar-refractivity contribution is 0.564. The van der Waals surface area contributed by atoms with Crippen LogP contribution < -0.4 is 10.6 Å². The van der Waals surface area contributed by atoms with Gasteiger partial charge in [-0.05, 0) is 102 Å². The molecule has 1 aliphatic carbocycles. The van der Waals surface area contributed by atoms with Crippen LogP contribution in [0, 0.1) is 0 Å². The Labute approximate surface area is 405 Å². The second-order valence-electron chi connectivity index (χ2n) is 19.0. The molecule has 71 heavy (non-hydrogen) atoms. The minimum Gasteiger partial charge on any atom is -0.456 e. The maximum atomic E-state index is 6.83. The average molecular weight is 909 g/mol. The van der Waals surface area contributed by atoms with E-state index in [1.54, 1.807) is 0 Å². The van der Waals surface area contributed by atoms with Crippen molar-refractivity contribution in [3.63, 3.8) is 0 Å². The Kier molecular flexibility index (Phi) is 7.94. The fraction of sp³-hybridized carbons (Fsp3) is 0.0303. The van der Waals surface area contributed by atoms with Crippen molar-refractivity contribution in [2.24, 2.45) is 0 Å². The third-order valence-electron chi connectivity index (χ3n) is 15.2. The fourth-order valence-electron chi connectivity index (χ4n) is 12.1. The number of para-hydroxylation sites is 8. The Balaban J connectivity index is 1.02. The third kappa shape index (κ3) is 5.51. The van der Waals surface area contributed by atoms with E-state index in [0.717, 1.165) is 123 Å². The molecule has 10 aromatic carbocycles. The van der Waals surface area contributed by atoms with Gasteiger partial charge in [0.15, 0.2) is 11.0 Å². The third-order valence-corrected chi connectivity index (χ3v) is 15.2. The maximum absolute atomic E-state index is 6.83. The molecule has 5 heteroatoms. The second-order valence-corrected chi connectivity index (χ2v) is 19.0. The van der Waals surface area contributed by atoms with Crippen LogP contribution in [0.5, 0.6) is 0 Å². The van der Waals surface area contributed by atoms with Crippen molar-refractivity contribution in [3.05, 3.63) is 223 Å². The zero-order chi connectivity index (χ0) is 46.3. The zero-order valence-corrected chi connectivity index (χ0v) is 38.3. The number of nitrogens with zero attached hydrogens (tertiary/aromatic N) is 2. The average Bonchev–Trinajstić information content (AvgIpc) is 4.25. The van der Waals surface area contributed by atoms with E-state index in [0.29, 0.717) is 0 Å². The van der Waals surface area contributed by atoms with Gasteiger partial charge in [-0.25, -0.2) is 0 Å². The van der Waals surface area contributed by atoms with E-state index in [-0.39, 0.29) is 0 Å². The summed E-state index contributed by atoms with van der Waals surface area (Å²) < 4.78 is 24.9. The lowest BCUT2D eigenvalue weighted by Gasteiger charge is -2.17. The molecule has 0 saturated heterocycles. The minimum absolute atomic E-state index is 0.851. The topological polar surface area (TPSA) is 49.3 Å². The zero-order valence-electron chi connectivity index (χ0n) is 38.3. The summed E-state index contributed by atoms with van der Waals surface area (Å²) in [6.45, 7) is 0. The number of hydrogen-bond acceptors (Lipinski definition) is 3. The minimum atomic E-state index is 0.851. The van der Waals surface area contributed by atoms with Crippen LogP contribution in [-0.2, 0) is 0 Å². The first-order valence-corrected chi connectivity index (χ1v) is 24.5. The molecular weight excluding hydrogens is 869 g/mol. The van der Waals surface area contributed by atoms with Crippen molar-refractivity contribution in [3.8, 4) is 39.1 Å². The predicted octanol–water partition coefficient (Wildman–Crippen LogP) is 16.7. The largest absolute Gasteiger partial charge is 0.456 e. The number of aromatic nitrogens is 2. The van der Waals surface area contributed by atoms with Gasteiger partial charge in [0.25, 0.3) is 0 Å². The van der Waals surface area contributed by atoms with Gasteiger partial charge in [-0.2, -0.15) is 0 Å². The Hall–Kier alpha value is -9.32. The van der Waals surface area contributed by atoms with Crippen LogP contribution in [0.1, 0.15) is 12.8 Å². The SMILES string of the molecule is C1=c2c(oc3ccccc23)=C(n2c3ccccc3c3cccc(-c4cc(-c5ccc6oc7ccccc7c6c5)cc(-c5cccc6c7ccccc7n(-c7cccc8c7oc7ccccc78)c56)c4)c32)CC1. The van der Waals surface area contributed by atoms with Gasteiger partial charge >= 0.3 is 0 Å². The Morgan fingerprint density at radius 1 is 0.338 bits per heavy atom. The van der Waals surface area contributed by atoms with E-state index in [1.807, 2.05) is 12.1 Å². The molecule has 16 rings (SSSR count). The van der Waals surface area contributed by atoms with Crippen molar-refractivity contribution in [1.82, 2.24) is 9.13 Å². The quantitative estimate of drug-likeness (QED) is 0.173. The monoisotopic (exact) mass is 908 g/mol. The molecule has 0 amide bonds. The molecule has 15 aromatic rings. The molecule has 332 valence electrons. The first kappa shape index (κ1) is 38.6. The number of fused-ring (bicyclic) bond motifs is 15. The molecule has 0 saturated carbocycles. The van der Waals surface area contributed by atoms with E-state index in [2.05, 4.69) is 215 Å². The summed E-state index contributed by atoms with van der Waals surface area (Å²) in [7, 11) is 0. The summed E-state index contributed by atoms with van der Waals surface area (Å²) in [6, 6.07) is 76.7. The molecule has 0 unspecified atom stereocenters. The Bertz CT molecular complexity index is 4900. The highest BCUT2D eigenvalue weighted by Gasteiger charge is 2.24. The molecule has 5 nitrogen and oxygen atoms in total. The van der Waals surface area contributed by atoms with E-state index in [4.69, 9.17) is 13.3 Å². The summed E-state index contributed by atoms with van der Waals surface area (Å²) in [6.07, 6.45) is 4.12. The molecule has 5 aromatic heterocycles. The van der Waals surface area contributed by atoms with E-state index in [9.17, 15) is 0 Å². The highest BCUT2D eigenvalue weighted by atomic mass is 16.3. The Morgan fingerprint density at radius 2 is 0.859 bits per heavy atom. The van der Waals surface area contributed by atoms with Crippen LogP contribution in [0.2, 0.25) is 0 Å². The van der Waals surface area contributed by atoms with Crippen LogP contribution in [0.3, 0.4) is 0 Å². The molecule has 0 fully saturated rings. The van der Waals surface area contributed by atoms with E-state index in [1.165, 1.54) is 43.5 Å². The summed E-state index contributed by atoms with van der Waals surface area (Å²) >= 11 is 0. The number of furan rings is 3. The highest BCUT2D eigenvalue weighted by Crippen LogP contribution is 2.45. The van der Waals surface area contributed by atoms with Gasteiger partial charge in [0, 0.05) is 64.8 Å².